The van der Waals surface area contributed by atoms with Crippen molar-refractivity contribution in [3.63, 3.8) is 0 Å². The Balaban J connectivity index is 6.65. The van der Waals surface area contributed by atoms with Gasteiger partial charge in [-0.2, -0.15) is 0 Å². The Labute approximate surface area is 472 Å². The van der Waals surface area contributed by atoms with Gasteiger partial charge in [0.05, 0.1) is 13.2 Å². The summed E-state index contributed by atoms with van der Waals surface area (Å²) in [5.74, 6) is -13.6. The second kappa shape index (κ2) is 39.2. The number of nitrogens with one attached hydrogen (secondary N) is 9. The molecule has 0 fully saturated rings. The molecule has 30 heteroatoms. The third-order valence-electron chi connectivity index (χ3n) is 12.5. The molecule has 30 nitrogen and oxygen atoms in total. The van der Waals surface area contributed by atoms with Crippen molar-refractivity contribution in [2.45, 2.75) is 193 Å². The van der Waals surface area contributed by atoms with Crippen molar-refractivity contribution in [1.82, 2.24) is 47.9 Å². The van der Waals surface area contributed by atoms with Gasteiger partial charge in [-0.25, -0.2) is 4.79 Å². The smallest absolute Gasteiger partial charge is 0.326 e. The number of hydrogen-bond donors (Lipinski definition) is 17. The summed E-state index contributed by atoms with van der Waals surface area (Å²) < 4.78 is 0. The summed E-state index contributed by atoms with van der Waals surface area (Å²) in [4.78, 5) is 162. The van der Waals surface area contributed by atoms with Gasteiger partial charge in [0.25, 0.3) is 0 Å². The summed E-state index contributed by atoms with van der Waals surface area (Å²) in [6.07, 6.45) is -1.15. The standard InChI is InChI=1S/C51H92N14O16/c1-9-29(8)41(65-42(72)30(53)25-66)49(79)63-36(22-27(4)5)48(78)61-34(16-18-40(70)71)46(76)62-35(21-26(2)3)47(77)59-31(13-10-11-19-52)43(73)57-24-38(67)58-33(15-17-39(68)69)45(75)60-32(14-12-20-56-51(54)55)44(74)64-37(50(80)81)23-28(6)7/h26-37,41,66H,9-25,52-53H2,1-8H3,(H,57,73)(H,58,67)(H,59,77)(H,60,75)(H,61,78)(H,62,76)(H,63,79)(H,64,74)(H,65,72)(H,68,69)(H,70,71)(H,80,81)(H4,54,55,56)/t29-,30-,31-,32-,33-,34-,35-,36-,37-,41-/m0/s1. The van der Waals surface area contributed by atoms with Gasteiger partial charge in [0.1, 0.15) is 54.4 Å². The van der Waals surface area contributed by atoms with Crippen LogP contribution in [0, 0.1) is 23.7 Å². The molecule has 0 aromatic rings. The van der Waals surface area contributed by atoms with Crippen LogP contribution < -0.4 is 70.8 Å². The van der Waals surface area contributed by atoms with Crippen LogP contribution >= 0.6 is 0 Å². The predicted molar refractivity (Wildman–Crippen MR) is 296 cm³/mol. The molecule has 0 unspecified atom stereocenters. The van der Waals surface area contributed by atoms with E-state index in [4.69, 9.17) is 22.9 Å². The molecular weight excluding hydrogens is 1060 g/mol. The van der Waals surface area contributed by atoms with E-state index in [1.165, 1.54) is 0 Å². The second-order valence-electron chi connectivity index (χ2n) is 21.2. The number of carboxylic acids is 3. The highest BCUT2D eigenvalue weighted by Crippen LogP contribution is 2.14. The lowest BCUT2D eigenvalue weighted by atomic mass is 9.96. The minimum absolute atomic E-state index is 0.0170. The Kier molecular flexibility index (Phi) is 35.7. The number of nitrogens with two attached hydrogens (primary N) is 4. The van der Waals surface area contributed by atoms with Crippen LogP contribution in [0.25, 0.3) is 0 Å². The molecule has 0 heterocycles. The van der Waals surface area contributed by atoms with Crippen LogP contribution in [0.4, 0.5) is 0 Å². The molecule has 462 valence electrons. The maximum Gasteiger partial charge on any atom is 0.326 e. The van der Waals surface area contributed by atoms with Gasteiger partial charge in [0.2, 0.25) is 53.2 Å². The minimum atomic E-state index is -1.60. The van der Waals surface area contributed by atoms with E-state index in [-0.39, 0.29) is 81.7 Å². The number of carbonyl (C=O) groups is 12. The number of hydrogen-bond acceptors (Lipinski definition) is 16. The monoisotopic (exact) mass is 1160 g/mol. The van der Waals surface area contributed by atoms with Crippen molar-refractivity contribution < 1.29 is 78.0 Å². The molecule has 0 bridgehead atoms. The highest BCUT2D eigenvalue weighted by molar-refractivity contribution is 5.98. The van der Waals surface area contributed by atoms with E-state index in [2.05, 4.69) is 52.8 Å². The Hall–Kier alpha value is -7.21. The Morgan fingerprint density at radius 1 is 0.481 bits per heavy atom. The summed E-state index contributed by atoms with van der Waals surface area (Å²) in [5.41, 5.74) is 22.2. The third kappa shape index (κ3) is 31.4. The second-order valence-corrected chi connectivity index (χ2v) is 21.2. The molecule has 0 saturated heterocycles. The zero-order valence-electron chi connectivity index (χ0n) is 48.0. The van der Waals surface area contributed by atoms with Crippen LogP contribution in [-0.2, 0) is 57.5 Å². The summed E-state index contributed by atoms with van der Waals surface area (Å²) in [7, 11) is 0. The number of rotatable bonds is 42. The number of aliphatic imine (C=N–C) groups is 1. The highest BCUT2D eigenvalue weighted by atomic mass is 16.4. The van der Waals surface area contributed by atoms with Crippen LogP contribution in [0.2, 0.25) is 0 Å². The first-order valence-electron chi connectivity index (χ1n) is 27.3. The molecule has 0 rings (SSSR count). The Bertz CT molecular complexity index is 2130. The van der Waals surface area contributed by atoms with Crippen molar-refractivity contribution in [1.29, 1.82) is 0 Å². The van der Waals surface area contributed by atoms with Crippen molar-refractivity contribution >= 4 is 77.0 Å². The van der Waals surface area contributed by atoms with Crippen molar-refractivity contribution in [3.05, 3.63) is 0 Å². The predicted octanol–water partition coefficient (Wildman–Crippen LogP) is -3.52. The van der Waals surface area contributed by atoms with E-state index in [1.807, 2.05) is 0 Å². The molecule has 0 radical (unpaired) electrons. The van der Waals surface area contributed by atoms with Gasteiger partial charge in [-0.3, -0.25) is 57.7 Å². The fraction of sp³-hybridized carbons (Fsp3) is 0.745. The molecule has 0 aromatic carbocycles. The van der Waals surface area contributed by atoms with Gasteiger partial charge in [-0.15, -0.1) is 0 Å². The van der Waals surface area contributed by atoms with E-state index in [0.717, 1.165) is 0 Å². The normalized spacial score (nSPS) is 14.9. The van der Waals surface area contributed by atoms with Crippen LogP contribution in [-0.4, -0.2) is 178 Å². The number of carboxylic acid groups (broad SMARTS) is 3. The lowest BCUT2D eigenvalue weighted by Crippen LogP contribution is -2.60. The van der Waals surface area contributed by atoms with Crippen LogP contribution in [0.5, 0.6) is 0 Å². The summed E-state index contributed by atoms with van der Waals surface area (Å²) >= 11 is 0. The molecule has 10 atom stereocenters. The summed E-state index contributed by atoms with van der Waals surface area (Å²) in [5, 5.41) is 60.5. The quantitative estimate of drug-likeness (QED) is 0.0160. The van der Waals surface area contributed by atoms with Crippen LogP contribution in [0.1, 0.15) is 139 Å². The fourth-order valence-corrected chi connectivity index (χ4v) is 7.91. The third-order valence-corrected chi connectivity index (χ3v) is 12.5. The average molecular weight is 1160 g/mol. The largest absolute Gasteiger partial charge is 0.481 e. The molecule has 0 spiro atoms. The van der Waals surface area contributed by atoms with Gasteiger partial charge >= 0.3 is 17.9 Å². The SMILES string of the molecule is CC[C@H](C)[C@H](NC(=O)[C@@H](N)CO)C(=O)N[C@@H](CC(C)C)C(=O)N[C@@H](CCC(=O)O)C(=O)N[C@@H](CC(C)C)C(=O)N[C@@H](CCCCN)C(=O)NCC(=O)N[C@@H](CCC(=O)O)C(=O)N[C@@H](CCCN=C(N)N)C(=O)N[C@@H](CC(C)C)C(=O)O. The summed E-state index contributed by atoms with van der Waals surface area (Å²) in [6, 6.07) is -12.5. The van der Waals surface area contributed by atoms with Gasteiger partial charge in [-0.1, -0.05) is 61.8 Å². The first-order valence-corrected chi connectivity index (χ1v) is 27.3. The molecule has 9 amide bonds. The van der Waals surface area contributed by atoms with Gasteiger partial charge in [0.15, 0.2) is 5.96 Å². The van der Waals surface area contributed by atoms with Gasteiger partial charge < -0.3 is 91.2 Å². The summed E-state index contributed by atoms with van der Waals surface area (Å²) in [6.45, 7) is 12.6. The number of aliphatic carboxylic acids is 3. The van der Waals surface area contributed by atoms with Crippen molar-refractivity contribution in [2.24, 2.45) is 51.6 Å². The van der Waals surface area contributed by atoms with E-state index in [1.54, 1.807) is 55.4 Å². The molecular formula is C51H92N14O16. The zero-order valence-corrected chi connectivity index (χ0v) is 48.0. The molecule has 0 aliphatic rings. The number of carbonyl (C=O) groups excluding carboxylic acids is 9. The maximum atomic E-state index is 14.1. The Morgan fingerprint density at radius 2 is 0.877 bits per heavy atom. The van der Waals surface area contributed by atoms with Gasteiger partial charge in [0, 0.05) is 19.4 Å². The highest BCUT2D eigenvalue weighted by Gasteiger charge is 2.36. The van der Waals surface area contributed by atoms with E-state index in [0.29, 0.717) is 12.8 Å². The minimum Gasteiger partial charge on any atom is -0.481 e. The van der Waals surface area contributed by atoms with Gasteiger partial charge in [-0.05, 0) is 94.4 Å². The number of nitrogens with zero attached hydrogens (tertiary/aromatic N) is 1. The van der Waals surface area contributed by atoms with Crippen LogP contribution in [0.15, 0.2) is 4.99 Å². The number of aliphatic hydroxyl groups excluding tert-OH is 1. The topological polar surface area (TPSA) is 510 Å². The molecule has 21 N–H and O–H groups in total. The molecule has 0 aliphatic carbocycles. The fourth-order valence-electron chi connectivity index (χ4n) is 7.91. The molecule has 0 aromatic heterocycles. The van der Waals surface area contributed by atoms with Crippen molar-refractivity contribution in [2.75, 3.05) is 26.2 Å². The maximum absolute atomic E-state index is 14.1. The zero-order chi connectivity index (χ0) is 62.1. The average Bonchev–Trinajstić information content (AvgIpc) is 3.37. The van der Waals surface area contributed by atoms with Crippen molar-refractivity contribution in [3.8, 4) is 0 Å². The molecule has 81 heavy (non-hydrogen) atoms. The first kappa shape index (κ1) is 73.8. The number of guanidine groups is 1. The number of unbranched alkanes of at least 4 members (excludes halogenated alkanes) is 1. The number of amides is 9. The molecule has 0 aliphatic heterocycles. The Morgan fingerprint density at radius 3 is 1.30 bits per heavy atom. The first-order chi connectivity index (χ1) is 37.9. The van der Waals surface area contributed by atoms with E-state index >= 15 is 0 Å². The van der Waals surface area contributed by atoms with E-state index in [9.17, 15) is 78.0 Å². The number of aliphatic hydroxyl groups is 1. The van der Waals surface area contributed by atoms with E-state index < -0.39 is 170 Å². The lowest BCUT2D eigenvalue weighted by Gasteiger charge is -2.29. The van der Waals surface area contributed by atoms with Crippen LogP contribution in [0.3, 0.4) is 0 Å². The molecule has 0 saturated carbocycles. The lowest BCUT2D eigenvalue weighted by molar-refractivity contribution is -0.143.